The fraction of sp³-hybridized carbons (Fsp3) is 0.278. The molecule has 0 spiro atoms. The molecule has 242 valence electrons. The number of carbonyl (C=O) groups excluding carboxylic acids is 2. The van der Waals surface area contributed by atoms with Gasteiger partial charge in [0.1, 0.15) is 12.6 Å². The second-order valence-electron chi connectivity index (χ2n) is 11.2. The number of halogens is 2. The van der Waals surface area contributed by atoms with Crippen molar-refractivity contribution >= 4 is 50.7 Å². The van der Waals surface area contributed by atoms with Crippen LogP contribution >= 0.6 is 23.2 Å². The molecule has 4 aromatic rings. The summed E-state index contributed by atoms with van der Waals surface area (Å²) in [7, 11) is -4.24. The van der Waals surface area contributed by atoms with Crippen LogP contribution < -0.4 is 9.62 Å². The summed E-state index contributed by atoms with van der Waals surface area (Å²) < 4.78 is 29.6. The van der Waals surface area contributed by atoms with Crippen LogP contribution in [0.2, 0.25) is 10.0 Å². The predicted molar refractivity (Wildman–Crippen MR) is 186 cm³/mol. The van der Waals surface area contributed by atoms with Crippen molar-refractivity contribution in [2.45, 2.75) is 57.5 Å². The molecule has 0 saturated carbocycles. The first kappa shape index (κ1) is 35.0. The molecule has 0 fully saturated rings. The summed E-state index contributed by atoms with van der Waals surface area (Å²) in [5.41, 5.74) is 3.26. The number of anilines is 1. The Bertz CT molecular complexity index is 1750. The van der Waals surface area contributed by atoms with Crippen molar-refractivity contribution in [2.75, 3.05) is 17.4 Å². The van der Waals surface area contributed by atoms with Gasteiger partial charge in [-0.25, -0.2) is 8.42 Å². The monoisotopic (exact) mass is 679 g/mol. The molecule has 2 amide bonds. The number of amides is 2. The van der Waals surface area contributed by atoms with E-state index in [1.807, 2.05) is 44.2 Å². The second-order valence-corrected chi connectivity index (χ2v) is 13.9. The Hall–Kier alpha value is -3.85. The summed E-state index contributed by atoms with van der Waals surface area (Å²) in [6, 6.07) is 26.9. The number of nitrogens with zero attached hydrogens (tertiary/aromatic N) is 2. The highest BCUT2D eigenvalue weighted by molar-refractivity contribution is 7.92. The van der Waals surface area contributed by atoms with Crippen molar-refractivity contribution in [3.63, 3.8) is 0 Å². The average molecular weight is 681 g/mol. The number of hydrogen-bond acceptors (Lipinski definition) is 4. The Morgan fingerprint density at radius 3 is 2.22 bits per heavy atom. The van der Waals surface area contributed by atoms with Crippen molar-refractivity contribution < 1.29 is 18.0 Å². The fourth-order valence-electron chi connectivity index (χ4n) is 5.07. The zero-order valence-electron chi connectivity index (χ0n) is 26.2. The van der Waals surface area contributed by atoms with Crippen LogP contribution in [0.25, 0.3) is 0 Å². The van der Waals surface area contributed by atoms with E-state index in [2.05, 4.69) is 5.32 Å². The number of unbranched alkanes of at least 4 members (excludes halogenated alkanes) is 1. The van der Waals surface area contributed by atoms with Gasteiger partial charge in [0.2, 0.25) is 11.8 Å². The number of aryl methyl sites for hydroxylation is 2. The minimum absolute atomic E-state index is 0.00977. The van der Waals surface area contributed by atoms with E-state index in [4.69, 9.17) is 23.2 Å². The van der Waals surface area contributed by atoms with Gasteiger partial charge in [0.15, 0.2) is 0 Å². The molecule has 0 aliphatic heterocycles. The maximum absolute atomic E-state index is 14.6. The molecule has 0 bridgehead atoms. The largest absolute Gasteiger partial charge is 0.354 e. The Labute approximate surface area is 282 Å². The van der Waals surface area contributed by atoms with Gasteiger partial charge in [-0.2, -0.15) is 0 Å². The van der Waals surface area contributed by atoms with Gasteiger partial charge in [0, 0.05) is 29.6 Å². The van der Waals surface area contributed by atoms with Gasteiger partial charge >= 0.3 is 0 Å². The summed E-state index contributed by atoms with van der Waals surface area (Å²) >= 11 is 12.9. The molecule has 46 heavy (non-hydrogen) atoms. The van der Waals surface area contributed by atoms with Crippen LogP contribution in [0.1, 0.15) is 42.0 Å². The second kappa shape index (κ2) is 16.1. The molecule has 0 unspecified atom stereocenters. The molecule has 7 nitrogen and oxygen atoms in total. The topological polar surface area (TPSA) is 86.8 Å². The van der Waals surface area contributed by atoms with Gasteiger partial charge in [0.25, 0.3) is 10.0 Å². The van der Waals surface area contributed by atoms with E-state index >= 15 is 0 Å². The van der Waals surface area contributed by atoms with Crippen LogP contribution in [0.15, 0.2) is 102 Å². The molecule has 4 aromatic carbocycles. The number of carbonyl (C=O) groups is 2. The summed E-state index contributed by atoms with van der Waals surface area (Å²) in [5, 5.41) is 3.74. The maximum Gasteiger partial charge on any atom is 0.264 e. The van der Waals surface area contributed by atoms with Crippen molar-refractivity contribution in [3.8, 4) is 0 Å². The molecule has 1 atom stereocenters. The quantitative estimate of drug-likeness (QED) is 0.141. The van der Waals surface area contributed by atoms with E-state index in [-0.39, 0.29) is 29.5 Å². The Morgan fingerprint density at radius 1 is 0.870 bits per heavy atom. The number of nitrogens with one attached hydrogen (secondary N) is 1. The molecule has 0 aromatic heterocycles. The van der Waals surface area contributed by atoms with Crippen molar-refractivity contribution in [1.82, 2.24) is 10.2 Å². The van der Waals surface area contributed by atoms with Gasteiger partial charge in [0.05, 0.1) is 10.6 Å². The van der Waals surface area contributed by atoms with Crippen molar-refractivity contribution in [1.29, 1.82) is 0 Å². The SMILES string of the molecule is CCCCNC(=O)[C@@H](Cc1ccccc1)N(Cc1ccccc1Cl)C(=O)CN(c1cc(Cl)ccc1C)S(=O)(=O)c1ccc(C)cc1. The van der Waals surface area contributed by atoms with Gasteiger partial charge in [-0.3, -0.25) is 13.9 Å². The first-order chi connectivity index (χ1) is 22.0. The number of rotatable bonds is 14. The third-order valence-corrected chi connectivity index (χ3v) is 10.1. The van der Waals surface area contributed by atoms with Crippen LogP contribution in [0.4, 0.5) is 5.69 Å². The van der Waals surface area contributed by atoms with E-state index in [9.17, 15) is 18.0 Å². The molecule has 0 heterocycles. The number of hydrogen-bond donors (Lipinski definition) is 1. The minimum atomic E-state index is -4.24. The van der Waals surface area contributed by atoms with Crippen LogP contribution in [0, 0.1) is 13.8 Å². The molecule has 4 rings (SSSR count). The third kappa shape index (κ3) is 8.90. The standard InChI is InChI=1S/C36H39Cl2N3O4S/c1-4-5-21-39-36(43)34(22-28-11-7-6-8-12-28)40(24-29-13-9-10-14-32(29)38)35(42)25-41(33-23-30(37)18-17-27(33)3)46(44,45)31-19-15-26(2)16-20-31/h6-20,23,34H,4-5,21-22,24-25H2,1-3H3,(H,39,43)/t34-/m1/s1. The summed E-state index contributed by atoms with van der Waals surface area (Å²) in [5.74, 6) is -0.897. The number of benzene rings is 4. The van der Waals surface area contributed by atoms with Crippen LogP contribution in [0.3, 0.4) is 0 Å². The third-order valence-electron chi connectivity index (χ3n) is 7.73. The molecule has 10 heteroatoms. The molecule has 0 aliphatic rings. The van der Waals surface area contributed by atoms with Gasteiger partial charge in [-0.15, -0.1) is 0 Å². The first-order valence-corrected chi connectivity index (χ1v) is 17.4. The lowest BCUT2D eigenvalue weighted by molar-refractivity contribution is -0.140. The lowest BCUT2D eigenvalue weighted by atomic mass is 10.0. The molecular formula is C36H39Cl2N3O4S. The Morgan fingerprint density at radius 2 is 1.54 bits per heavy atom. The van der Waals surface area contributed by atoms with E-state index < -0.39 is 28.5 Å². The summed E-state index contributed by atoms with van der Waals surface area (Å²) in [4.78, 5) is 29.9. The minimum Gasteiger partial charge on any atom is -0.354 e. The van der Waals surface area contributed by atoms with E-state index in [0.29, 0.717) is 27.7 Å². The van der Waals surface area contributed by atoms with E-state index in [1.165, 1.54) is 23.1 Å². The van der Waals surface area contributed by atoms with E-state index in [0.717, 1.165) is 28.3 Å². The smallest absolute Gasteiger partial charge is 0.264 e. The fourth-order valence-corrected chi connectivity index (χ4v) is 6.90. The highest BCUT2D eigenvalue weighted by atomic mass is 35.5. The zero-order valence-corrected chi connectivity index (χ0v) is 28.6. The zero-order chi connectivity index (χ0) is 33.3. The maximum atomic E-state index is 14.6. The average Bonchev–Trinajstić information content (AvgIpc) is 3.04. The van der Waals surface area contributed by atoms with Gasteiger partial charge in [-0.05, 0) is 67.3 Å². The Kier molecular flexibility index (Phi) is 12.3. The molecule has 0 aliphatic carbocycles. The highest BCUT2D eigenvalue weighted by Crippen LogP contribution is 2.30. The van der Waals surface area contributed by atoms with Gasteiger partial charge in [-0.1, -0.05) is 109 Å². The lowest BCUT2D eigenvalue weighted by Gasteiger charge is -2.34. The highest BCUT2D eigenvalue weighted by Gasteiger charge is 2.35. The molecular weight excluding hydrogens is 641 g/mol. The van der Waals surface area contributed by atoms with E-state index in [1.54, 1.807) is 55.5 Å². The van der Waals surface area contributed by atoms with Crippen LogP contribution in [-0.2, 0) is 32.6 Å². The molecule has 0 saturated heterocycles. The van der Waals surface area contributed by atoms with Crippen molar-refractivity contribution in [3.05, 3.63) is 129 Å². The van der Waals surface area contributed by atoms with Crippen LogP contribution in [-0.4, -0.2) is 44.3 Å². The van der Waals surface area contributed by atoms with Crippen LogP contribution in [0.5, 0.6) is 0 Å². The summed E-state index contributed by atoms with van der Waals surface area (Å²) in [6.45, 7) is 5.52. The first-order valence-electron chi connectivity index (χ1n) is 15.2. The molecule has 0 radical (unpaired) electrons. The lowest BCUT2D eigenvalue weighted by Crippen LogP contribution is -2.53. The normalized spacial score (nSPS) is 11.9. The van der Waals surface area contributed by atoms with Gasteiger partial charge < -0.3 is 10.2 Å². The summed E-state index contributed by atoms with van der Waals surface area (Å²) in [6.07, 6.45) is 1.88. The predicted octanol–water partition coefficient (Wildman–Crippen LogP) is 7.36. The molecule has 1 N–H and O–H groups in total. The van der Waals surface area contributed by atoms with Crippen molar-refractivity contribution in [2.24, 2.45) is 0 Å². The Balaban J connectivity index is 1.83. The number of sulfonamides is 1.